The number of carbonyl (C=O) groups is 1. The highest BCUT2D eigenvalue weighted by Gasteiger charge is 2.29. The first-order chi connectivity index (χ1) is 9.65. The molecular weight excluding hydrogens is 317 g/mol. The molecule has 3 rings (SSSR count). The third kappa shape index (κ3) is 2.52. The summed E-state index contributed by atoms with van der Waals surface area (Å²) in [6.45, 7) is 0.703. The topological polar surface area (TPSA) is 49.0 Å². The summed E-state index contributed by atoms with van der Waals surface area (Å²) in [4.78, 5) is 20.8. The number of nitrogens with zero attached hydrogens (tertiary/aromatic N) is 2. The van der Waals surface area contributed by atoms with Gasteiger partial charge in [-0.15, -0.1) is 0 Å². The molecule has 0 spiro atoms. The highest BCUT2D eigenvalue weighted by atomic mass is 79.9. The molecule has 1 aromatic carbocycles. The van der Waals surface area contributed by atoms with Crippen LogP contribution in [-0.4, -0.2) is 35.1 Å². The fourth-order valence-corrected chi connectivity index (χ4v) is 2.86. The third-order valence-electron chi connectivity index (χ3n) is 3.60. The Morgan fingerprint density at radius 3 is 2.85 bits per heavy atom. The second kappa shape index (κ2) is 5.44. The lowest BCUT2D eigenvalue weighted by Gasteiger charge is -2.21. The summed E-state index contributed by atoms with van der Waals surface area (Å²) in [7, 11) is 5.40. The van der Waals surface area contributed by atoms with Gasteiger partial charge in [-0.3, -0.25) is 4.79 Å². The minimum absolute atomic E-state index is 0.0308. The van der Waals surface area contributed by atoms with Crippen LogP contribution in [0.15, 0.2) is 34.9 Å². The number of likely N-dealkylation sites (tertiary alicyclic amines) is 1. The predicted molar refractivity (Wildman–Crippen MR) is 81.6 cm³/mol. The van der Waals surface area contributed by atoms with Crippen molar-refractivity contribution in [1.82, 2.24) is 14.9 Å². The molecule has 2 heterocycles. The van der Waals surface area contributed by atoms with Crippen LogP contribution in [0.4, 0.5) is 4.79 Å². The van der Waals surface area contributed by atoms with Gasteiger partial charge in [-0.25, -0.2) is 4.98 Å². The van der Waals surface area contributed by atoms with Crippen LogP contribution in [0.2, 0.25) is 0 Å². The molecule has 0 bridgehead atoms. The average Bonchev–Trinajstić information content (AvgIpc) is 3.08. The zero-order valence-electron chi connectivity index (χ0n) is 10.8. The fraction of sp³-hybridized carbons (Fsp3) is 0.286. The third-order valence-corrected chi connectivity index (χ3v) is 4.13. The number of hydrogen-bond donors (Lipinski definition) is 1. The van der Waals surface area contributed by atoms with Crippen molar-refractivity contribution in [2.24, 2.45) is 0 Å². The lowest BCUT2D eigenvalue weighted by atomic mass is 10.1. The van der Waals surface area contributed by atoms with Crippen LogP contribution in [0, 0.1) is 0 Å². The van der Waals surface area contributed by atoms with E-state index < -0.39 is 0 Å². The largest absolute Gasteiger partial charge is 0.342 e. The molecule has 2 aromatic rings. The Morgan fingerprint density at radius 2 is 2.15 bits per heavy atom. The van der Waals surface area contributed by atoms with Crippen molar-refractivity contribution in [2.75, 3.05) is 6.54 Å². The van der Waals surface area contributed by atoms with Gasteiger partial charge in [0.25, 0.3) is 0 Å². The van der Waals surface area contributed by atoms with Crippen molar-refractivity contribution in [1.29, 1.82) is 0 Å². The van der Waals surface area contributed by atoms with Gasteiger partial charge in [-0.05, 0) is 30.5 Å². The summed E-state index contributed by atoms with van der Waals surface area (Å²) in [6, 6.07) is 7.98. The van der Waals surface area contributed by atoms with Crippen molar-refractivity contribution >= 4 is 29.6 Å². The van der Waals surface area contributed by atoms with Gasteiger partial charge in [-0.1, -0.05) is 28.1 Å². The minimum atomic E-state index is -0.380. The molecule has 1 N–H and O–H groups in total. The number of imidazole rings is 1. The second-order valence-electron chi connectivity index (χ2n) is 4.88. The highest BCUT2D eigenvalue weighted by Crippen LogP contribution is 2.31. The number of halogens is 1. The Bertz CT molecular complexity index is 626. The Hall–Kier alpha value is -1.56. The van der Waals surface area contributed by atoms with Crippen molar-refractivity contribution in [2.45, 2.75) is 18.9 Å². The van der Waals surface area contributed by atoms with Crippen LogP contribution in [-0.2, 0) is 0 Å². The number of carbonyl (C=O) groups excluding carboxylic acids is 1. The number of H-pyrrole nitrogens is 1. The van der Waals surface area contributed by atoms with Gasteiger partial charge in [0.1, 0.15) is 5.82 Å². The summed E-state index contributed by atoms with van der Waals surface area (Å²) < 4.78 is 1.04. The van der Waals surface area contributed by atoms with Crippen LogP contribution in [0.3, 0.4) is 0 Å². The van der Waals surface area contributed by atoms with Crippen molar-refractivity contribution in [3.05, 3.63) is 40.8 Å². The summed E-state index contributed by atoms with van der Waals surface area (Å²) in [5.41, 5.74) is 2.01. The summed E-state index contributed by atoms with van der Waals surface area (Å²) >= 11 is 3.42. The quantitative estimate of drug-likeness (QED) is 0.860. The smallest absolute Gasteiger partial charge is 0.200 e. The normalized spacial score (nSPS) is 18.4. The van der Waals surface area contributed by atoms with E-state index in [-0.39, 0.29) is 11.8 Å². The standard InChI is InChI=1S/C14H13BBrN3O/c15-14(20)19-7-1-2-12(19)13-17-8-11(18-13)9-3-5-10(16)6-4-9/h3-6,8,12H,1-2,7H2,(H,17,18)/t12-/m0/s1. The van der Waals surface area contributed by atoms with E-state index in [1.54, 1.807) is 11.1 Å². The molecule has 0 aliphatic carbocycles. The van der Waals surface area contributed by atoms with E-state index >= 15 is 0 Å². The first kappa shape index (κ1) is 13.4. The molecule has 20 heavy (non-hydrogen) atoms. The van der Waals surface area contributed by atoms with Gasteiger partial charge in [0.2, 0.25) is 7.85 Å². The zero-order chi connectivity index (χ0) is 14.1. The SMILES string of the molecule is [B]C(=O)N1CCC[C@H]1c1ncc(-c2ccc(Br)cc2)[nH]1. The van der Waals surface area contributed by atoms with Crippen LogP contribution < -0.4 is 0 Å². The summed E-state index contributed by atoms with van der Waals surface area (Å²) in [5.74, 6) is 0.424. The van der Waals surface area contributed by atoms with Crippen molar-refractivity contribution < 1.29 is 4.79 Å². The molecule has 4 nitrogen and oxygen atoms in total. The number of nitrogens with one attached hydrogen (secondary N) is 1. The van der Waals surface area contributed by atoms with Gasteiger partial charge in [0, 0.05) is 11.0 Å². The van der Waals surface area contributed by atoms with Gasteiger partial charge in [0.05, 0.1) is 17.9 Å². The van der Waals surface area contributed by atoms with Crippen LogP contribution in [0.1, 0.15) is 24.7 Å². The number of aromatic amines is 1. The molecular formula is C14H13BBrN3O. The van der Waals surface area contributed by atoms with Gasteiger partial charge < -0.3 is 9.88 Å². The zero-order valence-corrected chi connectivity index (χ0v) is 12.4. The molecule has 2 radical (unpaired) electrons. The van der Waals surface area contributed by atoms with E-state index in [1.807, 2.05) is 24.3 Å². The van der Waals surface area contributed by atoms with E-state index in [9.17, 15) is 4.79 Å². The Balaban J connectivity index is 1.86. The van der Waals surface area contributed by atoms with E-state index in [0.29, 0.717) is 6.54 Å². The van der Waals surface area contributed by atoms with Crippen LogP contribution in [0.25, 0.3) is 11.3 Å². The fourth-order valence-electron chi connectivity index (χ4n) is 2.60. The summed E-state index contributed by atoms with van der Waals surface area (Å²) in [5, 5.41) is 0. The molecule has 1 amide bonds. The Kier molecular flexibility index (Phi) is 3.65. The maximum absolute atomic E-state index is 11.4. The molecule has 1 saturated heterocycles. The molecule has 1 aliphatic rings. The van der Waals surface area contributed by atoms with Gasteiger partial charge in [0.15, 0.2) is 5.81 Å². The Morgan fingerprint density at radius 1 is 1.40 bits per heavy atom. The number of hydrogen-bond acceptors (Lipinski definition) is 2. The van der Waals surface area contributed by atoms with E-state index in [1.165, 1.54) is 0 Å². The predicted octanol–water partition coefficient (Wildman–Crippen LogP) is 3.26. The molecule has 1 atom stereocenters. The van der Waals surface area contributed by atoms with E-state index in [0.717, 1.165) is 34.4 Å². The van der Waals surface area contributed by atoms with Crippen LogP contribution in [0.5, 0.6) is 0 Å². The van der Waals surface area contributed by atoms with Crippen molar-refractivity contribution in [3.63, 3.8) is 0 Å². The minimum Gasteiger partial charge on any atom is -0.342 e. The summed E-state index contributed by atoms with van der Waals surface area (Å²) in [6.07, 6.45) is 3.66. The van der Waals surface area contributed by atoms with Gasteiger partial charge >= 0.3 is 0 Å². The molecule has 1 aliphatic heterocycles. The van der Waals surface area contributed by atoms with Crippen molar-refractivity contribution in [3.8, 4) is 11.3 Å². The monoisotopic (exact) mass is 329 g/mol. The first-order valence-corrected chi connectivity index (χ1v) is 7.31. The number of rotatable bonds is 2. The van der Waals surface area contributed by atoms with Gasteiger partial charge in [-0.2, -0.15) is 0 Å². The average molecular weight is 330 g/mol. The number of aromatic nitrogens is 2. The lowest BCUT2D eigenvalue weighted by Crippen LogP contribution is -2.29. The van der Waals surface area contributed by atoms with E-state index in [2.05, 4.69) is 25.9 Å². The maximum atomic E-state index is 11.4. The highest BCUT2D eigenvalue weighted by molar-refractivity contribution is 9.10. The lowest BCUT2D eigenvalue weighted by molar-refractivity contribution is 0.215. The second-order valence-corrected chi connectivity index (χ2v) is 5.79. The molecule has 0 saturated carbocycles. The van der Waals surface area contributed by atoms with Crippen LogP contribution >= 0.6 is 15.9 Å². The Labute approximate surface area is 127 Å². The molecule has 1 fully saturated rings. The molecule has 6 heteroatoms. The van der Waals surface area contributed by atoms with E-state index in [4.69, 9.17) is 7.85 Å². The number of benzene rings is 1. The maximum Gasteiger partial charge on any atom is 0.200 e. The molecule has 100 valence electrons. The molecule has 0 unspecified atom stereocenters. The molecule has 1 aromatic heterocycles. The number of amides is 1. The first-order valence-electron chi connectivity index (χ1n) is 6.52.